The Morgan fingerprint density at radius 3 is 2.38 bits per heavy atom. The molecule has 5 nitrogen and oxygen atoms in total. The Hall–Kier alpha value is -1.10. The second-order valence-corrected chi connectivity index (χ2v) is 2.99. The summed E-state index contributed by atoms with van der Waals surface area (Å²) >= 11 is 4.90. The summed E-state index contributed by atoms with van der Waals surface area (Å²) in [6.45, 7) is 3.38. The van der Waals surface area contributed by atoms with Crippen molar-refractivity contribution in [3.63, 3.8) is 0 Å². The first-order valence-electron chi connectivity index (χ1n) is 3.66. The highest BCUT2D eigenvalue weighted by Crippen LogP contribution is 2.00. The van der Waals surface area contributed by atoms with Crippen LogP contribution in [0, 0.1) is 5.92 Å². The van der Waals surface area contributed by atoms with Crippen molar-refractivity contribution in [2.75, 3.05) is 0 Å². The van der Waals surface area contributed by atoms with Gasteiger partial charge in [0.2, 0.25) is 0 Å². The number of nitrogens with zero attached hydrogens (tertiary/aromatic N) is 1. The van der Waals surface area contributed by atoms with E-state index in [1.165, 1.54) is 0 Å². The Bertz CT molecular complexity index is 228. The summed E-state index contributed by atoms with van der Waals surface area (Å²) < 4.78 is 2.95. The fourth-order valence-electron chi connectivity index (χ4n) is 0.748. The highest BCUT2D eigenvalue weighted by molar-refractivity contribution is 6.33. The monoisotopic (exact) mass is 206 g/mol. The van der Waals surface area contributed by atoms with Crippen molar-refractivity contribution in [2.45, 2.75) is 19.9 Å². The largest absolute Gasteiger partial charge is 0.480 e. The van der Waals surface area contributed by atoms with E-state index >= 15 is 0 Å². The number of amides is 1. The van der Waals surface area contributed by atoms with E-state index in [1.807, 2.05) is 0 Å². The third kappa shape index (κ3) is 4.47. The minimum absolute atomic E-state index is 0.190. The smallest absolute Gasteiger partial charge is 0.326 e. The van der Waals surface area contributed by atoms with Crippen molar-refractivity contribution in [3.05, 3.63) is 0 Å². The molecular weight excluding hydrogens is 196 g/mol. The van der Waals surface area contributed by atoms with Gasteiger partial charge >= 0.3 is 5.97 Å². The van der Waals surface area contributed by atoms with E-state index in [4.69, 9.17) is 16.9 Å². The molecule has 0 aromatic rings. The summed E-state index contributed by atoms with van der Waals surface area (Å²) in [7, 11) is 0. The fourth-order valence-corrected chi connectivity index (χ4v) is 0.837. The molecule has 0 saturated carbocycles. The number of carboxylic acids is 1. The number of rotatable bonds is 4. The summed E-state index contributed by atoms with van der Waals surface area (Å²) in [5.74, 6) is -1.88. The first kappa shape index (κ1) is 11.9. The van der Waals surface area contributed by atoms with E-state index in [2.05, 4.69) is 9.83 Å². The first-order valence-corrected chi connectivity index (χ1v) is 4.00. The van der Waals surface area contributed by atoms with E-state index in [0.717, 1.165) is 6.21 Å². The van der Waals surface area contributed by atoms with E-state index in [9.17, 15) is 9.59 Å². The van der Waals surface area contributed by atoms with Crippen LogP contribution in [-0.4, -0.2) is 29.2 Å². The molecule has 0 aliphatic carbocycles. The molecule has 74 valence electrons. The van der Waals surface area contributed by atoms with Gasteiger partial charge in [-0.2, -0.15) is 4.51 Å². The molecular formula is C7H11ClN2O3. The van der Waals surface area contributed by atoms with Gasteiger partial charge in [-0.05, 0) is 5.92 Å². The molecule has 0 aromatic heterocycles. The van der Waals surface area contributed by atoms with Gasteiger partial charge in [0.1, 0.15) is 12.3 Å². The second kappa shape index (κ2) is 5.53. The Morgan fingerprint density at radius 1 is 1.54 bits per heavy atom. The minimum atomic E-state index is -1.08. The van der Waals surface area contributed by atoms with Crippen LogP contribution in [0.1, 0.15) is 13.8 Å². The highest BCUT2D eigenvalue weighted by Gasteiger charge is 2.22. The maximum Gasteiger partial charge on any atom is 0.326 e. The van der Waals surface area contributed by atoms with Gasteiger partial charge in [-0.3, -0.25) is 4.79 Å². The molecule has 0 aliphatic rings. The number of hydrogen-bond donors (Lipinski definition) is 2. The van der Waals surface area contributed by atoms with Gasteiger partial charge in [0.15, 0.2) is 0 Å². The van der Waals surface area contributed by atoms with Crippen LogP contribution in [0.5, 0.6) is 0 Å². The lowest BCUT2D eigenvalue weighted by Crippen LogP contribution is -2.44. The first-order chi connectivity index (χ1) is 5.99. The van der Waals surface area contributed by atoms with Crippen LogP contribution < -0.4 is 5.32 Å². The number of aliphatic carboxylic acids is 1. The second-order valence-electron chi connectivity index (χ2n) is 2.80. The van der Waals surface area contributed by atoms with E-state index < -0.39 is 17.9 Å². The van der Waals surface area contributed by atoms with Crippen molar-refractivity contribution in [1.29, 1.82) is 0 Å². The van der Waals surface area contributed by atoms with E-state index in [-0.39, 0.29) is 5.92 Å². The zero-order valence-corrected chi connectivity index (χ0v) is 8.08. The predicted octanol–water partition coefficient (Wildman–Crippen LogP) is 0.436. The summed E-state index contributed by atoms with van der Waals surface area (Å²) in [6.07, 6.45) is 0.819. The van der Waals surface area contributed by atoms with Crippen molar-refractivity contribution < 1.29 is 14.7 Å². The Morgan fingerprint density at radius 2 is 2.08 bits per heavy atom. The lowest BCUT2D eigenvalue weighted by molar-refractivity contribution is -0.142. The molecule has 0 rings (SSSR count). The minimum Gasteiger partial charge on any atom is -0.480 e. The van der Waals surface area contributed by atoms with Crippen molar-refractivity contribution >= 4 is 29.9 Å². The number of carbonyl (C=O) groups excluding carboxylic acids is 1. The van der Waals surface area contributed by atoms with Gasteiger partial charge in [-0.1, -0.05) is 13.8 Å². The molecule has 0 bridgehead atoms. The molecule has 0 unspecified atom stereocenters. The maximum absolute atomic E-state index is 10.9. The van der Waals surface area contributed by atoms with E-state index in [0.29, 0.717) is 0 Å². The van der Waals surface area contributed by atoms with Gasteiger partial charge in [0.25, 0.3) is 5.91 Å². The maximum atomic E-state index is 10.9. The van der Waals surface area contributed by atoms with Crippen LogP contribution in [0.15, 0.2) is 4.51 Å². The molecule has 0 fully saturated rings. The van der Waals surface area contributed by atoms with Crippen molar-refractivity contribution in [1.82, 2.24) is 5.32 Å². The van der Waals surface area contributed by atoms with Crippen molar-refractivity contribution in [3.8, 4) is 0 Å². The van der Waals surface area contributed by atoms with Crippen LogP contribution in [-0.2, 0) is 9.59 Å². The molecule has 13 heavy (non-hydrogen) atoms. The SMILES string of the molecule is CC(C)[C@H](NC(=O)/C=N/Cl)C(=O)O. The lowest BCUT2D eigenvalue weighted by atomic mass is 10.1. The molecule has 1 atom stereocenters. The molecule has 0 aromatic carbocycles. The predicted molar refractivity (Wildman–Crippen MR) is 48.7 cm³/mol. The topological polar surface area (TPSA) is 78.8 Å². The van der Waals surface area contributed by atoms with Crippen LogP contribution in [0.4, 0.5) is 0 Å². The summed E-state index contributed by atoms with van der Waals surface area (Å²) in [4.78, 5) is 21.4. The van der Waals surface area contributed by atoms with Gasteiger partial charge < -0.3 is 10.4 Å². The Labute approximate surface area is 80.9 Å². The zero-order valence-electron chi connectivity index (χ0n) is 7.32. The standard InChI is InChI=1S/C7H11ClN2O3/c1-4(2)6(7(12)13)10-5(11)3-9-8/h3-4,6H,1-2H3,(H,10,11)(H,12,13)/b9-3+/t6-/m0/s1. The molecule has 0 heterocycles. The molecule has 6 heteroatoms. The third-order valence-corrected chi connectivity index (χ3v) is 1.49. The third-order valence-electron chi connectivity index (χ3n) is 1.40. The van der Waals surface area contributed by atoms with Gasteiger partial charge in [0.05, 0.1) is 0 Å². The zero-order chi connectivity index (χ0) is 10.4. The molecule has 0 aliphatic heterocycles. The number of halogens is 1. The Kier molecular flexibility index (Phi) is 5.06. The van der Waals surface area contributed by atoms with Crippen LogP contribution in [0.2, 0.25) is 0 Å². The lowest BCUT2D eigenvalue weighted by Gasteiger charge is -2.16. The molecule has 1 amide bonds. The van der Waals surface area contributed by atoms with Crippen LogP contribution >= 0.6 is 11.8 Å². The van der Waals surface area contributed by atoms with E-state index in [1.54, 1.807) is 13.8 Å². The molecule has 0 saturated heterocycles. The van der Waals surface area contributed by atoms with Crippen LogP contribution in [0.3, 0.4) is 0 Å². The number of carboxylic acid groups (broad SMARTS) is 1. The number of hydrogen-bond acceptors (Lipinski definition) is 3. The normalized spacial score (nSPS) is 13.2. The van der Waals surface area contributed by atoms with Gasteiger partial charge in [-0.25, -0.2) is 4.79 Å². The average molecular weight is 207 g/mol. The van der Waals surface area contributed by atoms with Gasteiger partial charge in [-0.15, -0.1) is 0 Å². The molecule has 2 N–H and O–H groups in total. The summed E-state index contributed by atoms with van der Waals surface area (Å²) in [5.41, 5.74) is 0. The summed E-state index contributed by atoms with van der Waals surface area (Å²) in [5, 5.41) is 10.9. The van der Waals surface area contributed by atoms with Crippen LogP contribution in [0.25, 0.3) is 0 Å². The number of carbonyl (C=O) groups is 2. The number of nitrogens with one attached hydrogen (secondary N) is 1. The van der Waals surface area contributed by atoms with Crippen molar-refractivity contribution in [2.24, 2.45) is 10.4 Å². The van der Waals surface area contributed by atoms with Gasteiger partial charge in [0, 0.05) is 11.8 Å². The molecule has 0 spiro atoms. The Balaban J connectivity index is 4.27. The highest BCUT2D eigenvalue weighted by atomic mass is 35.5. The average Bonchev–Trinajstić information content (AvgIpc) is 1.99. The molecule has 0 radical (unpaired) electrons. The quantitative estimate of drug-likeness (QED) is 0.655. The fraction of sp³-hybridized carbons (Fsp3) is 0.571. The summed E-state index contributed by atoms with van der Waals surface area (Å²) in [6, 6.07) is -0.915.